The topological polar surface area (TPSA) is 161 Å². The van der Waals surface area contributed by atoms with Crippen LogP contribution in [0.25, 0.3) is 0 Å². The Morgan fingerprint density at radius 2 is 1.02 bits per heavy atom. The van der Waals surface area contributed by atoms with E-state index in [-0.39, 0.29) is 11.4 Å². The predicted octanol–water partition coefficient (Wildman–Crippen LogP) is 3.55. The molecule has 12 nitrogen and oxygen atoms in total. The van der Waals surface area contributed by atoms with Gasteiger partial charge in [-0.3, -0.25) is 39.4 Å². The second-order valence-corrected chi connectivity index (χ2v) is 10.8. The summed E-state index contributed by atoms with van der Waals surface area (Å²) in [5, 5.41) is 23.6. The molecule has 3 aromatic carbocycles. The van der Waals surface area contributed by atoms with Crippen LogP contribution in [0.1, 0.15) is 5.56 Å². The SMILES string of the molecule is O=C1[C@@H]2C3C=CC(c4ccccc4)([C@H]2C(=O)N1c1ccccc1[N+](=O)[O-])[C@H]1C(=O)N(c2ccccc2[N+](=O)[O-])C(=O)[C@H]31. The van der Waals surface area contributed by atoms with Crippen molar-refractivity contribution in [1.82, 2.24) is 0 Å². The van der Waals surface area contributed by atoms with Crippen molar-refractivity contribution in [3.8, 4) is 0 Å². The summed E-state index contributed by atoms with van der Waals surface area (Å²) in [6.45, 7) is 0. The number of carbonyl (C=O) groups excluding carboxylic acids is 4. The normalized spacial score (nSPS) is 29.2. The van der Waals surface area contributed by atoms with Gasteiger partial charge in [0.2, 0.25) is 23.6 Å². The lowest BCUT2D eigenvalue weighted by atomic mass is 9.45. The van der Waals surface area contributed by atoms with E-state index in [1.807, 2.05) is 0 Å². The van der Waals surface area contributed by atoms with Crippen LogP contribution in [-0.4, -0.2) is 33.5 Å². The Bertz CT molecular complexity index is 1680. The molecule has 12 heteroatoms. The molecule has 2 saturated heterocycles. The van der Waals surface area contributed by atoms with Crippen molar-refractivity contribution < 1.29 is 29.0 Å². The molecule has 4 amide bonds. The average Bonchev–Trinajstić information content (AvgIpc) is 3.44. The zero-order chi connectivity index (χ0) is 29.5. The lowest BCUT2D eigenvalue weighted by molar-refractivity contribution is -0.384. The largest absolute Gasteiger partial charge is 0.293 e. The first kappa shape index (κ1) is 25.4. The predicted molar refractivity (Wildman–Crippen MR) is 146 cm³/mol. The fourth-order valence-electron chi connectivity index (χ4n) is 7.57. The maximum Gasteiger partial charge on any atom is 0.293 e. The van der Waals surface area contributed by atoms with Crippen molar-refractivity contribution in [3.63, 3.8) is 0 Å². The van der Waals surface area contributed by atoms with E-state index in [0.29, 0.717) is 5.56 Å². The minimum absolute atomic E-state index is 0.182. The number of hydrogen-bond donors (Lipinski definition) is 0. The molecule has 1 saturated carbocycles. The zero-order valence-corrected chi connectivity index (χ0v) is 21.6. The van der Waals surface area contributed by atoms with Crippen LogP contribution in [0.15, 0.2) is 91.0 Å². The standard InChI is InChI=1S/C30H20N4O8/c35-26-22-17-14-15-30(16-8-2-1-3-9-16,24(22)28(37)31(26)18-10-4-6-12-20(18)33(39)40)25-23(17)27(36)32(29(25)38)19-11-5-7-13-21(19)34(41)42/h1-15,17,22-25H/t17?,22-,23-,24-,25-,30?/m1/s1. The summed E-state index contributed by atoms with van der Waals surface area (Å²) in [5.74, 6) is -8.18. The Morgan fingerprint density at radius 3 is 1.48 bits per heavy atom. The highest BCUT2D eigenvalue weighted by Crippen LogP contribution is 2.65. The van der Waals surface area contributed by atoms with Crippen molar-refractivity contribution in [2.75, 3.05) is 9.80 Å². The Labute approximate surface area is 237 Å². The van der Waals surface area contributed by atoms with Crippen LogP contribution in [0.5, 0.6) is 0 Å². The lowest BCUT2D eigenvalue weighted by Crippen LogP contribution is -2.60. The van der Waals surface area contributed by atoms with Crippen LogP contribution in [-0.2, 0) is 24.6 Å². The quantitative estimate of drug-likeness (QED) is 0.197. The number of anilines is 2. The van der Waals surface area contributed by atoms with Crippen LogP contribution in [0.2, 0.25) is 0 Å². The van der Waals surface area contributed by atoms with Gasteiger partial charge < -0.3 is 0 Å². The first-order chi connectivity index (χ1) is 20.2. The molecule has 3 aliphatic carbocycles. The number of carbonyl (C=O) groups is 4. The third-order valence-corrected chi connectivity index (χ3v) is 9.07. The number of rotatable bonds is 5. The molecule has 2 aliphatic heterocycles. The van der Waals surface area contributed by atoms with Gasteiger partial charge in [-0.1, -0.05) is 66.7 Å². The van der Waals surface area contributed by atoms with Gasteiger partial charge in [0, 0.05) is 23.5 Å². The van der Waals surface area contributed by atoms with Crippen molar-refractivity contribution in [3.05, 3.63) is 117 Å². The third-order valence-electron chi connectivity index (χ3n) is 9.07. The third kappa shape index (κ3) is 3.05. The molecule has 5 aliphatic rings. The Hall–Kier alpha value is -5.52. The second kappa shape index (κ2) is 8.74. The minimum Gasteiger partial charge on any atom is -0.274 e. The Kier molecular flexibility index (Phi) is 5.29. The summed E-state index contributed by atoms with van der Waals surface area (Å²) >= 11 is 0. The molecule has 0 N–H and O–H groups in total. The fourth-order valence-corrected chi connectivity index (χ4v) is 7.57. The molecule has 4 atom stereocenters. The maximum atomic E-state index is 14.3. The van der Waals surface area contributed by atoms with Crippen LogP contribution in [0.4, 0.5) is 22.7 Å². The number of imide groups is 2. The van der Waals surface area contributed by atoms with E-state index in [0.717, 1.165) is 9.80 Å². The number of amides is 4. The number of para-hydroxylation sites is 4. The highest BCUT2D eigenvalue weighted by Gasteiger charge is 2.75. The molecule has 3 fully saturated rings. The number of benzene rings is 3. The molecule has 0 spiro atoms. The lowest BCUT2D eigenvalue weighted by Gasteiger charge is -2.53. The molecular formula is C30H20N4O8. The van der Waals surface area contributed by atoms with Gasteiger partial charge in [0.05, 0.1) is 33.5 Å². The number of hydrogen-bond acceptors (Lipinski definition) is 8. The smallest absolute Gasteiger partial charge is 0.274 e. The first-order valence-electron chi connectivity index (χ1n) is 13.2. The van der Waals surface area contributed by atoms with Gasteiger partial charge in [0.1, 0.15) is 11.4 Å². The van der Waals surface area contributed by atoms with E-state index in [9.17, 15) is 39.4 Å². The van der Waals surface area contributed by atoms with Crippen LogP contribution >= 0.6 is 0 Å². The van der Waals surface area contributed by atoms with Crippen LogP contribution in [0, 0.1) is 49.8 Å². The Balaban J connectivity index is 1.44. The van der Waals surface area contributed by atoms with Gasteiger partial charge >= 0.3 is 0 Å². The van der Waals surface area contributed by atoms with Gasteiger partial charge in [0.25, 0.3) is 11.4 Å². The zero-order valence-electron chi connectivity index (χ0n) is 21.6. The molecule has 2 heterocycles. The summed E-state index contributed by atoms with van der Waals surface area (Å²) in [6, 6.07) is 19.5. The molecule has 208 valence electrons. The molecule has 0 radical (unpaired) electrons. The van der Waals surface area contributed by atoms with Gasteiger partial charge in [-0.15, -0.1) is 0 Å². The highest BCUT2D eigenvalue weighted by atomic mass is 16.6. The van der Waals surface area contributed by atoms with Crippen molar-refractivity contribution in [2.24, 2.45) is 29.6 Å². The number of nitro groups is 2. The van der Waals surface area contributed by atoms with Gasteiger partial charge in [-0.2, -0.15) is 0 Å². The average molecular weight is 565 g/mol. The molecule has 8 rings (SSSR count). The van der Waals surface area contributed by atoms with Crippen LogP contribution < -0.4 is 9.80 Å². The summed E-state index contributed by atoms with van der Waals surface area (Å²) in [4.78, 5) is 80.8. The summed E-state index contributed by atoms with van der Waals surface area (Å²) in [6.07, 6.45) is 3.38. The van der Waals surface area contributed by atoms with Gasteiger partial charge in [-0.05, 0) is 17.7 Å². The van der Waals surface area contributed by atoms with E-state index in [1.54, 1.807) is 42.5 Å². The van der Waals surface area contributed by atoms with E-state index >= 15 is 0 Å². The summed E-state index contributed by atoms with van der Waals surface area (Å²) in [7, 11) is 0. The summed E-state index contributed by atoms with van der Waals surface area (Å²) in [5.41, 5.74) is -2.18. The Morgan fingerprint density at radius 1 is 0.595 bits per heavy atom. The minimum atomic E-state index is -1.47. The number of allylic oxidation sites excluding steroid dienone is 2. The van der Waals surface area contributed by atoms with Crippen LogP contribution in [0.3, 0.4) is 0 Å². The van der Waals surface area contributed by atoms with E-state index in [1.165, 1.54) is 48.5 Å². The molecular weight excluding hydrogens is 544 g/mol. The van der Waals surface area contributed by atoms with Crippen molar-refractivity contribution in [2.45, 2.75) is 5.41 Å². The molecule has 2 bridgehead atoms. The summed E-state index contributed by atoms with van der Waals surface area (Å²) < 4.78 is 0. The molecule has 0 unspecified atom stereocenters. The van der Waals surface area contributed by atoms with Gasteiger partial charge in [-0.25, -0.2) is 9.80 Å². The number of nitrogens with zero attached hydrogens (tertiary/aromatic N) is 4. The molecule has 3 aromatic rings. The second-order valence-electron chi connectivity index (χ2n) is 10.8. The van der Waals surface area contributed by atoms with Crippen molar-refractivity contribution >= 4 is 46.4 Å². The first-order valence-corrected chi connectivity index (χ1v) is 13.2. The van der Waals surface area contributed by atoms with E-state index in [2.05, 4.69) is 0 Å². The highest BCUT2D eigenvalue weighted by molar-refractivity contribution is 6.28. The van der Waals surface area contributed by atoms with Gasteiger partial charge in [0.15, 0.2) is 0 Å². The maximum absolute atomic E-state index is 14.3. The van der Waals surface area contributed by atoms with E-state index in [4.69, 9.17) is 0 Å². The van der Waals surface area contributed by atoms with E-state index < -0.39 is 79.9 Å². The fraction of sp³-hybridized carbons (Fsp3) is 0.200. The van der Waals surface area contributed by atoms with Crippen molar-refractivity contribution in [1.29, 1.82) is 0 Å². The number of nitro benzene ring substituents is 2. The molecule has 0 aromatic heterocycles. The monoisotopic (exact) mass is 564 g/mol. The molecule has 42 heavy (non-hydrogen) atoms.